The summed E-state index contributed by atoms with van der Waals surface area (Å²) >= 11 is 0. The number of rotatable bonds is 3. The van der Waals surface area contributed by atoms with Gasteiger partial charge in [-0.3, -0.25) is 9.69 Å². The molecule has 0 aliphatic carbocycles. The molecule has 106 valence electrons. The number of fused-ring (bicyclic) bond motifs is 1. The molecule has 1 aliphatic heterocycles. The average Bonchev–Trinajstić information content (AvgIpc) is 2.83. The Labute approximate surface area is 118 Å². The number of hydrogen-bond donors (Lipinski definition) is 1. The standard InChI is InChI=1S/C16H19NO3/c1-11-8-13(16(18)19)6-7-17(11)10-14-9-12-4-2-3-5-15(12)20-14/h2-5,9,11,13H,6-8,10H2,1H3,(H,18,19)/t11-,13-/m0/s1. The first kappa shape index (κ1) is 13.2. The number of piperidine rings is 1. The maximum absolute atomic E-state index is 11.0. The molecule has 1 N–H and O–H groups in total. The monoisotopic (exact) mass is 273 g/mol. The smallest absolute Gasteiger partial charge is 0.306 e. The first-order valence-electron chi connectivity index (χ1n) is 7.08. The minimum Gasteiger partial charge on any atom is -0.481 e. The number of benzene rings is 1. The number of furan rings is 1. The van der Waals surface area contributed by atoms with Crippen LogP contribution in [0, 0.1) is 5.92 Å². The highest BCUT2D eigenvalue weighted by molar-refractivity contribution is 5.77. The van der Waals surface area contributed by atoms with Crippen molar-refractivity contribution in [1.29, 1.82) is 0 Å². The molecule has 4 nitrogen and oxygen atoms in total. The molecule has 1 fully saturated rings. The summed E-state index contributed by atoms with van der Waals surface area (Å²) in [7, 11) is 0. The second-order valence-electron chi connectivity index (χ2n) is 5.63. The Hall–Kier alpha value is -1.81. The molecule has 0 radical (unpaired) electrons. The number of aliphatic carboxylic acids is 1. The predicted molar refractivity (Wildman–Crippen MR) is 76.4 cm³/mol. The number of carbonyl (C=O) groups is 1. The number of carboxylic acids is 1. The van der Waals surface area contributed by atoms with E-state index in [1.54, 1.807) is 0 Å². The van der Waals surface area contributed by atoms with Crippen LogP contribution in [0.2, 0.25) is 0 Å². The van der Waals surface area contributed by atoms with Crippen molar-refractivity contribution in [3.05, 3.63) is 36.1 Å². The second-order valence-corrected chi connectivity index (χ2v) is 5.63. The molecular weight excluding hydrogens is 254 g/mol. The first-order chi connectivity index (χ1) is 9.63. The Bertz CT molecular complexity index is 586. The number of likely N-dealkylation sites (tertiary alicyclic amines) is 1. The molecule has 0 unspecified atom stereocenters. The van der Waals surface area contributed by atoms with E-state index in [4.69, 9.17) is 9.52 Å². The van der Waals surface area contributed by atoms with Gasteiger partial charge >= 0.3 is 5.97 Å². The summed E-state index contributed by atoms with van der Waals surface area (Å²) in [6.45, 7) is 3.66. The molecule has 1 saturated heterocycles. The van der Waals surface area contributed by atoms with Crippen molar-refractivity contribution in [3.63, 3.8) is 0 Å². The summed E-state index contributed by atoms with van der Waals surface area (Å²) in [5, 5.41) is 10.2. The Kier molecular flexibility index (Phi) is 3.49. The molecule has 20 heavy (non-hydrogen) atoms. The quantitative estimate of drug-likeness (QED) is 0.933. The van der Waals surface area contributed by atoms with E-state index in [0.29, 0.717) is 0 Å². The molecule has 0 amide bonds. The lowest BCUT2D eigenvalue weighted by Crippen LogP contribution is -2.42. The Morgan fingerprint density at radius 3 is 2.95 bits per heavy atom. The highest BCUT2D eigenvalue weighted by atomic mass is 16.4. The van der Waals surface area contributed by atoms with Crippen molar-refractivity contribution in [2.45, 2.75) is 32.4 Å². The van der Waals surface area contributed by atoms with Crippen LogP contribution < -0.4 is 0 Å². The van der Waals surface area contributed by atoms with E-state index < -0.39 is 5.97 Å². The van der Waals surface area contributed by atoms with Gasteiger partial charge in [-0.15, -0.1) is 0 Å². The Morgan fingerprint density at radius 1 is 1.45 bits per heavy atom. The van der Waals surface area contributed by atoms with E-state index in [1.807, 2.05) is 24.3 Å². The average molecular weight is 273 g/mol. The minimum absolute atomic E-state index is 0.197. The Balaban J connectivity index is 1.70. The van der Waals surface area contributed by atoms with Crippen LogP contribution in [-0.2, 0) is 11.3 Å². The molecule has 0 saturated carbocycles. The van der Waals surface area contributed by atoms with E-state index >= 15 is 0 Å². The fourth-order valence-electron chi connectivity index (χ4n) is 2.99. The van der Waals surface area contributed by atoms with Crippen LogP contribution in [0.1, 0.15) is 25.5 Å². The molecule has 2 aromatic rings. The number of nitrogens with zero attached hydrogens (tertiary/aromatic N) is 1. The Morgan fingerprint density at radius 2 is 2.25 bits per heavy atom. The second kappa shape index (κ2) is 5.29. The van der Waals surface area contributed by atoms with E-state index in [9.17, 15) is 4.79 Å². The van der Waals surface area contributed by atoms with E-state index in [0.717, 1.165) is 42.7 Å². The number of carboxylic acid groups (broad SMARTS) is 1. The van der Waals surface area contributed by atoms with Gasteiger partial charge in [-0.05, 0) is 38.4 Å². The lowest BCUT2D eigenvalue weighted by Gasteiger charge is -2.35. The summed E-state index contributed by atoms with van der Waals surface area (Å²) in [5.74, 6) is 0.0870. The van der Waals surface area contributed by atoms with Gasteiger partial charge in [-0.25, -0.2) is 0 Å². The third kappa shape index (κ3) is 2.56. The lowest BCUT2D eigenvalue weighted by molar-refractivity contribution is -0.144. The molecule has 3 rings (SSSR count). The van der Waals surface area contributed by atoms with Crippen molar-refractivity contribution < 1.29 is 14.3 Å². The van der Waals surface area contributed by atoms with Crippen molar-refractivity contribution in [2.75, 3.05) is 6.54 Å². The number of hydrogen-bond acceptors (Lipinski definition) is 3. The fraction of sp³-hybridized carbons (Fsp3) is 0.438. The van der Waals surface area contributed by atoms with E-state index in [2.05, 4.69) is 17.9 Å². The zero-order valence-corrected chi connectivity index (χ0v) is 11.6. The summed E-state index contributed by atoms with van der Waals surface area (Å²) < 4.78 is 5.84. The van der Waals surface area contributed by atoms with Crippen molar-refractivity contribution in [1.82, 2.24) is 4.90 Å². The minimum atomic E-state index is -0.666. The van der Waals surface area contributed by atoms with Crippen LogP contribution in [0.3, 0.4) is 0 Å². The first-order valence-corrected chi connectivity index (χ1v) is 7.08. The molecule has 2 heterocycles. The normalized spacial score (nSPS) is 24.1. The van der Waals surface area contributed by atoms with Crippen molar-refractivity contribution >= 4 is 16.9 Å². The molecule has 2 atom stereocenters. The molecule has 1 aromatic carbocycles. The topological polar surface area (TPSA) is 53.7 Å². The SMILES string of the molecule is C[C@H]1C[C@@H](C(=O)O)CCN1Cc1cc2ccccc2o1. The van der Waals surface area contributed by atoms with Gasteiger partial charge in [-0.2, -0.15) is 0 Å². The van der Waals surface area contributed by atoms with Gasteiger partial charge < -0.3 is 9.52 Å². The number of para-hydroxylation sites is 1. The van der Waals surface area contributed by atoms with Gasteiger partial charge in [0.1, 0.15) is 11.3 Å². The zero-order valence-electron chi connectivity index (χ0n) is 11.6. The molecule has 1 aromatic heterocycles. The summed E-state index contributed by atoms with van der Waals surface area (Å²) in [6, 6.07) is 10.3. The van der Waals surface area contributed by atoms with Crippen molar-refractivity contribution in [2.24, 2.45) is 5.92 Å². The predicted octanol–water partition coefficient (Wildman–Crippen LogP) is 3.12. The fourth-order valence-corrected chi connectivity index (χ4v) is 2.99. The van der Waals surface area contributed by atoms with Gasteiger partial charge in [0.05, 0.1) is 12.5 Å². The summed E-state index contributed by atoms with van der Waals surface area (Å²) in [4.78, 5) is 13.3. The molecule has 0 spiro atoms. The highest BCUT2D eigenvalue weighted by Gasteiger charge is 2.29. The summed E-state index contributed by atoms with van der Waals surface area (Å²) in [5.41, 5.74) is 0.913. The molecule has 4 heteroatoms. The lowest BCUT2D eigenvalue weighted by atomic mass is 9.92. The van der Waals surface area contributed by atoms with Crippen LogP contribution in [0.25, 0.3) is 11.0 Å². The zero-order chi connectivity index (χ0) is 14.1. The van der Waals surface area contributed by atoms with E-state index in [-0.39, 0.29) is 12.0 Å². The van der Waals surface area contributed by atoms with Gasteiger partial charge in [0, 0.05) is 11.4 Å². The highest BCUT2D eigenvalue weighted by Crippen LogP contribution is 2.26. The maximum Gasteiger partial charge on any atom is 0.306 e. The van der Waals surface area contributed by atoms with Gasteiger partial charge in [0.2, 0.25) is 0 Å². The largest absolute Gasteiger partial charge is 0.481 e. The maximum atomic E-state index is 11.0. The van der Waals surface area contributed by atoms with Crippen LogP contribution >= 0.6 is 0 Å². The molecule has 0 bridgehead atoms. The van der Waals surface area contributed by atoms with E-state index in [1.165, 1.54) is 0 Å². The van der Waals surface area contributed by atoms with Crippen LogP contribution in [0.4, 0.5) is 0 Å². The third-order valence-electron chi connectivity index (χ3n) is 4.20. The van der Waals surface area contributed by atoms with Gasteiger partial charge in [0.15, 0.2) is 0 Å². The van der Waals surface area contributed by atoms with Gasteiger partial charge in [0.25, 0.3) is 0 Å². The van der Waals surface area contributed by atoms with Crippen LogP contribution in [-0.4, -0.2) is 28.6 Å². The van der Waals surface area contributed by atoms with Crippen LogP contribution in [0.15, 0.2) is 34.7 Å². The van der Waals surface area contributed by atoms with Crippen molar-refractivity contribution in [3.8, 4) is 0 Å². The third-order valence-corrected chi connectivity index (χ3v) is 4.20. The van der Waals surface area contributed by atoms with Crippen LogP contribution in [0.5, 0.6) is 0 Å². The molecule has 1 aliphatic rings. The van der Waals surface area contributed by atoms with Gasteiger partial charge in [-0.1, -0.05) is 18.2 Å². The molecular formula is C16H19NO3. The summed E-state index contributed by atoms with van der Waals surface area (Å²) in [6.07, 6.45) is 1.44.